The third kappa shape index (κ3) is 136. The Kier molecular flexibility index (Phi) is 442. The fourth-order valence-corrected chi connectivity index (χ4v) is 0.354. The summed E-state index contributed by atoms with van der Waals surface area (Å²) >= 11 is 0. The molecule has 0 amide bonds. The fourth-order valence-electron chi connectivity index (χ4n) is 0.354. The Bertz CT molecular complexity index is 20.5. The molecule has 0 aromatic heterocycles. The molecule has 0 heterocycles. The van der Waals surface area contributed by atoms with E-state index in [9.17, 15) is 0 Å². The molecule has 4 heteroatoms. The predicted molar refractivity (Wildman–Crippen MR) is 65.7 cm³/mol. The molecular weight excluding hydrogens is 500 g/mol. The maximum absolute atomic E-state index is 2.21. The average molecular weight is 533 g/mol. The maximum Gasteiger partial charge on any atom is 0 e. The smallest absolute Gasteiger partial charge is 0 e. The zero-order valence-electron chi connectivity index (χ0n) is 13.4. The molecule has 0 saturated heterocycles. The van der Waals surface area contributed by atoms with Crippen molar-refractivity contribution >= 4 is 0 Å². The molecule has 0 aromatic rings. The third-order valence-corrected chi connectivity index (χ3v) is 0.707. The summed E-state index contributed by atoms with van der Waals surface area (Å²) in [5.41, 5.74) is 0. The molecule has 0 bridgehead atoms. The molecule has 0 aliphatic heterocycles. The molecule has 0 unspecified atom stereocenters. The van der Waals surface area contributed by atoms with Crippen molar-refractivity contribution < 1.29 is 131 Å². The van der Waals surface area contributed by atoms with E-state index in [4.69, 9.17) is 0 Å². The quantitative estimate of drug-likeness (QED) is 0.399. The monoisotopic (exact) mass is 533 g/mol. The van der Waals surface area contributed by atoms with Crippen molar-refractivity contribution in [2.75, 3.05) is 0 Å². The van der Waals surface area contributed by atoms with Gasteiger partial charge in [0.05, 0.1) is 0 Å². The van der Waals surface area contributed by atoms with Crippen LogP contribution in [-0.2, 0) is 131 Å². The first kappa shape index (κ1) is 59.1. The summed E-state index contributed by atoms with van der Waals surface area (Å²) in [5, 5.41) is 0. The fraction of sp³-hybridized carbons (Fsp3) is 0.917. The van der Waals surface area contributed by atoms with Crippen molar-refractivity contribution in [3.05, 3.63) is 7.43 Å². The maximum atomic E-state index is 2.21. The summed E-state index contributed by atoms with van der Waals surface area (Å²) in [5.74, 6) is 0. The second-order valence-electron chi connectivity index (χ2n) is 1.35. The molecule has 0 N–H and O–H groups in total. The topological polar surface area (TPSA) is 0 Å². The van der Waals surface area contributed by atoms with Crippen molar-refractivity contribution in [3.63, 3.8) is 0 Å². The van der Waals surface area contributed by atoms with Crippen LogP contribution in [0.2, 0.25) is 0 Å². The van der Waals surface area contributed by atoms with Gasteiger partial charge < -0.3 is 7.43 Å². The van der Waals surface area contributed by atoms with E-state index in [1.807, 2.05) is 41.5 Å². The van der Waals surface area contributed by atoms with E-state index in [2.05, 4.69) is 13.8 Å². The standard InChI is InChI=1S/C5H12.3C2H6.CH3.4Y/c1-3-5-4-2;3*1-2;;;;;/h3-5H2,1-2H3;3*1-2H3;1H3;;;;/q;;;;-1;;;;. The van der Waals surface area contributed by atoms with Crippen molar-refractivity contribution in [3.8, 4) is 0 Å². The van der Waals surface area contributed by atoms with Crippen LogP contribution in [0.25, 0.3) is 0 Å². The second kappa shape index (κ2) is 120. The Hall–Kier alpha value is 4.42. The Labute approximate surface area is 208 Å². The minimum Gasteiger partial charge on any atom is -0.358 e. The van der Waals surface area contributed by atoms with Crippen molar-refractivity contribution in [1.82, 2.24) is 0 Å². The third-order valence-electron chi connectivity index (χ3n) is 0.707. The van der Waals surface area contributed by atoms with Crippen LogP contribution in [0, 0.1) is 7.43 Å². The molecule has 0 aromatic carbocycles. The number of rotatable bonds is 2. The Balaban J connectivity index is -0.00000000578. The van der Waals surface area contributed by atoms with Gasteiger partial charge in [-0.2, -0.15) is 0 Å². The van der Waals surface area contributed by atoms with Crippen LogP contribution < -0.4 is 0 Å². The van der Waals surface area contributed by atoms with Gasteiger partial charge in [-0.15, -0.1) is 0 Å². The second-order valence-corrected chi connectivity index (χ2v) is 1.35. The molecule has 0 saturated carbocycles. The van der Waals surface area contributed by atoms with Crippen LogP contribution >= 0.6 is 0 Å². The van der Waals surface area contributed by atoms with Crippen molar-refractivity contribution in [2.24, 2.45) is 0 Å². The summed E-state index contributed by atoms with van der Waals surface area (Å²) in [6, 6.07) is 0. The van der Waals surface area contributed by atoms with E-state index in [1.54, 1.807) is 0 Å². The van der Waals surface area contributed by atoms with Crippen molar-refractivity contribution in [1.29, 1.82) is 0 Å². The number of hydrogen-bond donors (Lipinski definition) is 0. The average Bonchev–Trinajstić information content (AvgIpc) is 2.16. The molecule has 0 spiro atoms. The van der Waals surface area contributed by atoms with Crippen LogP contribution in [-0.4, -0.2) is 0 Å². The summed E-state index contributed by atoms with van der Waals surface area (Å²) in [6.45, 7) is 16.4. The van der Waals surface area contributed by atoms with Gasteiger partial charge in [-0.25, -0.2) is 0 Å². The molecular formula is C12H33Y4-. The van der Waals surface area contributed by atoms with E-state index in [0.717, 1.165) is 0 Å². The normalized spacial score (nSPS) is 3.75. The minimum atomic E-state index is 0. The molecule has 0 fully saturated rings. The van der Waals surface area contributed by atoms with E-state index in [1.165, 1.54) is 19.3 Å². The van der Waals surface area contributed by atoms with Crippen LogP contribution in [0.4, 0.5) is 0 Å². The van der Waals surface area contributed by atoms with E-state index < -0.39 is 0 Å². The van der Waals surface area contributed by atoms with Gasteiger partial charge in [-0.3, -0.25) is 0 Å². The Morgan fingerprint density at radius 2 is 0.625 bits per heavy atom. The van der Waals surface area contributed by atoms with Crippen LogP contribution in [0.3, 0.4) is 0 Å². The van der Waals surface area contributed by atoms with Gasteiger partial charge in [-0.1, -0.05) is 74.7 Å². The molecule has 16 heavy (non-hydrogen) atoms. The van der Waals surface area contributed by atoms with Crippen molar-refractivity contribution in [2.45, 2.75) is 74.7 Å². The first-order valence-corrected chi connectivity index (χ1v) is 5.41. The van der Waals surface area contributed by atoms with Gasteiger partial charge in [0.15, 0.2) is 0 Å². The summed E-state index contributed by atoms with van der Waals surface area (Å²) < 4.78 is 0. The summed E-state index contributed by atoms with van der Waals surface area (Å²) in [4.78, 5) is 0. The number of hydrogen-bond acceptors (Lipinski definition) is 0. The molecule has 0 nitrogen and oxygen atoms in total. The zero-order valence-corrected chi connectivity index (χ0v) is 24.8. The van der Waals surface area contributed by atoms with E-state index >= 15 is 0 Å². The summed E-state index contributed by atoms with van der Waals surface area (Å²) in [7, 11) is 0. The van der Waals surface area contributed by atoms with Gasteiger partial charge >= 0.3 is 0 Å². The molecule has 0 aliphatic carbocycles. The first-order valence-electron chi connectivity index (χ1n) is 5.41. The zero-order chi connectivity index (χ0) is 10.1. The van der Waals surface area contributed by atoms with Crippen LogP contribution in [0.15, 0.2) is 0 Å². The summed E-state index contributed by atoms with van der Waals surface area (Å²) in [6.07, 6.45) is 4.08. The van der Waals surface area contributed by atoms with Gasteiger partial charge in [0.2, 0.25) is 0 Å². The Morgan fingerprint density at radius 3 is 0.625 bits per heavy atom. The first-order chi connectivity index (χ1) is 5.41. The molecule has 0 rings (SSSR count). The van der Waals surface area contributed by atoms with Crippen LogP contribution in [0.1, 0.15) is 74.7 Å². The molecule has 0 atom stereocenters. The molecule has 4 radical (unpaired) electrons. The molecule has 0 aliphatic rings. The predicted octanol–water partition coefficient (Wildman–Crippen LogP) is 5.72. The van der Waals surface area contributed by atoms with E-state index in [0.29, 0.717) is 0 Å². The molecule has 94 valence electrons. The van der Waals surface area contributed by atoms with E-state index in [-0.39, 0.29) is 138 Å². The number of unbranched alkanes of at least 4 members (excludes halogenated alkanes) is 2. The van der Waals surface area contributed by atoms with Gasteiger partial charge in [0.25, 0.3) is 0 Å². The SMILES string of the molecule is CC.CC.CC.CCCCC.[CH3-].[Y].[Y].[Y].[Y]. The largest absolute Gasteiger partial charge is 0.358 e. The minimum absolute atomic E-state index is 0. The van der Waals surface area contributed by atoms with Crippen LogP contribution in [0.5, 0.6) is 0 Å². The van der Waals surface area contributed by atoms with Gasteiger partial charge in [-0.05, 0) is 0 Å². The van der Waals surface area contributed by atoms with Gasteiger partial charge in [0, 0.05) is 131 Å². The van der Waals surface area contributed by atoms with Gasteiger partial charge in [0.1, 0.15) is 0 Å². The Morgan fingerprint density at radius 1 is 0.500 bits per heavy atom.